The zero-order chi connectivity index (χ0) is 11.7. The van der Waals surface area contributed by atoms with E-state index in [4.69, 9.17) is 16.4 Å². The van der Waals surface area contributed by atoms with E-state index in [0.29, 0.717) is 0 Å². The van der Waals surface area contributed by atoms with Gasteiger partial charge in [0.1, 0.15) is 5.60 Å². The third-order valence-corrected chi connectivity index (χ3v) is 3.63. The van der Waals surface area contributed by atoms with E-state index in [-0.39, 0.29) is 5.60 Å². The third kappa shape index (κ3) is 2.18. The number of hydrogen-bond donors (Lipinski definition) is 2. The summed E-state index contributed by atoms with van der Waals surface area (Å²) in [5.74, 6) is 0. The van der Waals surface area contributed by atoms with Crippen LogP contribution in [0, 0.1) is 0 Å². The Labute approximate surface area is 106 Å². The zero-order valence-corrected chi connectivity index (χ0v) is 10.3. The Morgan fingerprint density at radius 3 is 2.53 bits per heavy atom. The lowest BCUT2D eigenvalue weighted by Gasteiger charge is -2.29. The third-order valence-electron chi connectivity index (χ3n) is 3.38. The first-order chi connectivity index (χ1) is 8.27. The molecular formula is C13H15ClN2O. The van der Waals surface area contributed by atoms with Gasteiger partial charge in [0.25, 0.3) is 0 Å². The fraction of sp³-hybridized carbons (Fsp3) is 0.385. The Bertz CT molecular complexity index is 435. The van der Waals surface area contributed by atoms with Crippen molar-refractivity contribution in [1.82, 2.24) is 10.8 Å². The quantitative estimate of drug-likeness (QED) is 0.803. The minimum absolute atomic E-state index is 0.125. The van der Waals surface area contributed by atoms with Crippen LogP contribution in [-0.2, 0) is 4.84 Å². The van der Waals surface area contributed by atoms with E-state index in [1.165, 1.54) is 0 Å². The molecule has 4 heteroatoms. The summed E-state index contributed by atoms with van der Waals surface area (Å²) in [4.78, 5) is 5.76. The topological polar surface area (TPSA) is 33.3 Å². The van der Waals surface area contributed by atoms with Gasteiger partial charge in [0.15, 0.2) is 0 Å². The first kappa shape index (κ1) is 11.1. The van der Waals surface area contributed by atoms with Gasteiger partial charge in [0, 0.05) is 5.02 Å². The van der Waals surface area contributed by atoms with Crippen molar-refractivity contribution in [2.75, 3.05) is 13.1 Å². The number of hydrogen-bond acceptors (Lipinski definition) is 3. The fourth-order valence-electron chi connectivity index (χ4n) is 2.35. The van der Waals surface area contributed by atoms with Gasteiger partial charge >= 0.3 is 0 Å². The van der Waals surface area contributed by atoms with Crippen molar-refractivity contribution in [2.24, 2.45) is 0 Å². The lowest BCUT2D eigenvalue weighted by atomic mass is 9.91. The van der Waals surface area contributed by atoms with E-state index in [9.17, 15) is 0 Å². The van der Waals surface area contributed by atoms with Crippen LogP contribution in [0.25, 0.3) is 5.70 Å². The van der Waals surface area contributed by atoms with Crippen LogP contribution >= 0.6 is 11.6 Å². The van der Waals surface area contributed by atoms with Crippen molar-refractivity contribution >= 4 is 17.3 Å². The van der Waals surface area contributed by atoms with E-state index in [1.807, 2.05) is 24.3 Å². The first-order valence-electron chi connectivity index (χ1n) is 5.91. The summed E-state index contributed by atoms with van der Waals surface area (Å²) >= 11 is 5.88. The molecule has 1 aromatic rings. The largest absolute Gasteiger partial charge is 0.316 e. The lowest BCUT2D eigenvalue weighted by molar-refractivity contribution is -0.0515. The van der Waals surface area contributed by atoms with Crippen LogP contribution in [0.1, 0.15) is 18.4 Å². The highest BCUT2D eigenvalue weighted by Crippen LogP contribution is 2.32. The van der Waals surface area contributed by atoms with Crippen LogP contribution in [-0.4, -0.2) is 18.7 Å². The molecule has 0 bridgehead atoms. The van der Waals surface area contributed by atoms with Crippen molar-refractivity contribution in [2.45, 2.75) is 18.4 Å². The molecule has 2 aliphatic heterocycles. The summed E-state index contributed by atoms with van der Waals surface area (Å²) < 4.78 is 0. The molecule has 1 saturated heterocycles. The number of benzene rings is 1. The summed E-state index contributed by atoms with van der Waals surface area (Å²) in [5.41, 5.74) is 5.08. The molecule has 0 unspecified atom stereocenters. The van der Waals surface area contributed by atoms with Crippen LogP contribution < -0.4 is 10.8 Å². The number of nitrogens with one attached hydrogen (secondary N) is 2. The highest BCUT2D eigenvalue weighted by molar-refractivity contribution is 6.30. The van der Waals surface area contributed by atoms with Gasteiger partial charge in [0.05, 0.1) is 5.70 Å². The maximum Gasteiger partial charge on any atom is 0.119 e. The minimum atomic E-state index is -0.125. The van der Waals surface area contributed by atoms with E-state index < -0.39 is 0 Å². The van der Waals surface area contributed by atoms with Crippen molar-refractivity contribution in [3.05, 3.63) is 40.9 Å². The second-order valence-corrected chi connectivity index (χ2v) is 5.02. The second kappa shape index (κ2) is 4.33. The van der Waals surface area contributed by atoms with Gasteiger partial charge in [0.2, 0.25) is 0 Å². The van der Waals surface area contributed by atoms with Gasteiger partial charge < -0.3 is 5.32 Å². The summed E-state index contributed by atoms with van der Waals surface area (Å²) in [6.07, 6.45) is 4.23. The first-order valence-corrected chi connectivity index (χ1v) is 6.29. The summed E-state index contributed by atoms with van der Waals surface area (Å²) in [7, 11) is 0. The molecule has 1 spiro atoms. The smallest absolute Gasteiger partial charge is 0.119 e. The Hall–Kier alpha value is -1.03. The van der Waals surface area contributed by atoms with Gasteiger partial charge in [-0.1, -0.05) is 23.7 Å². The number of halogens is 1. The van der Waals surface area contributed by atoms with Crippen molar-refractivity contribution in [1.29, 1.82) is 0 Å². The van der Waals surface area contributed by atoms with Gasteiger partial charge in [-0.2, -0.15) is 0 Å². The van der Waals surface area contributed by atoms with Crippen LogP contribution in [0.15, 0.2) is 30.3 Å². The molecule has 0 radical (unpaired) electrons. The molecule has 2 N–H and O–H groups in total. The van der Waals surface area contributed by atoms with E-state index in [2.05, 4.69) is 16.9 Å². The molecule has 3 nitrogen and oxygen atoms in total. The predicted octanol–water partition coefficient (Wildman–Crippen LogP) is 2.34. The van der Waals surface area contributed by atoms with E-state index in [0.717, 1.165) is 42.2 Å². The number of piperidine rings is 1. The van der Waals surface area contributed by atoms with Crippen LogP contribution in [0.2, 0.25) is 5.02 Å². The highest BCUT2D eigenvalue weighted by atomic mass is 35.5. The van der Waals surface area contributed by atoms with Crippen LogP contribution in [0.3, 0.4) is 0 Å². The predicted molar refractivity (Wildman–Crippen MR) is 68.5 cm³/mol. The Morgan fingerprint density at radius 2 is 1.82 bits per heavy atom. The standard InChI is InChI=1S/C13H15ClN2O/c14-11-3-1-10(2-4-11)12-9-13(17-16-12)5-7-15-8-6-13/h1-4,9,15-16H,5-8H2. The molecule has 0 amide bonds. The van der Waals surface area contributed by atoms with E-state index in [1.54, 1.807) is 0 Å². The van der Waals surface area contributed by atoms with Crippen LogP contribution in [0.5, 0.6) is 0 Å². The fourth-order valence-corrected chi connectivity index (χ4v) is 2.47. The maximum absolute atomic E-state index is 5.88. The summed E-state index contributed by atoms with van der Waals surface area (Å²) in [6.45, 7) is 2.01. The van der Waals surface area contributed by atoms with Gasteiger partial charge in [-0.25, -0.2) is 0 Å². The molecular weight excluding hydrogens is 236 g/mol. The zero-order valence-electron chi connectivity index (χ0n) is 9.50. The molecule has 0 aliphatic carbocycles. The molecule has 2 aliphatic rings. The van der Waals surface area contributed by atoms with Gasteiger partial charge in [-0.15, -0.1) is 0 Å². The molecule has 0 saturated carbocycles. The number of rotatable bonds is 1. The minimum Gasteiger partial charge on any atom is -0.316 e. The Morgan fingerprint density at radius 1 is 1.12 bits per heavy atom. The highest BCUT2D eigenvalue weighted by Gasteiger charge is 2.36. The summed E-state index contributed by atoms with van der Waals surface area (Å²) in [5, 5.41) is 4.10. The molecule has 0 aromatic heterocycles. The summed E-state index contributed by atoms with van der Waals surface area (Å²) in [6, 6.07) is 7.80. The molecule has 0 atom stereocenters. The van der Waals surface area contributed by atoms with Gasteiger partial charge in [-0.05, 0) is 49.7 Å². The molecule has 90 valence electrons. The maximum atomic E-state index is 5.88. The van der Waals surface area contributed by atoms with Gasteiger partial charge in [-0.3, -0.25) is 10.3 Å². The average Bonchev–Trinajstić information content (AvgIpc) is 2.75. The lowest BCUT2D eigenvalue weighted by Crippen LogP contribution is -2.41. The average molecular weight is 251 g/mol. The molecule has 1 aromatic carbocycles. The molecule has 2 heterocycles. The molecule has 17 heavy (non-hydrogen) atoms. The van der Waals surface area contributed by atoms with Crippen molar-refractivity contribution in [3.8, 4) is 0 Å². The van der Waals surface area contributed by atoms with Crippen LogP contribution in [0.4, 0.5) is 0 Å². The van der Waals surface area contributed by atoms with E-state index >= 15 is 0 Å². The SMILES string of the molecule is Clc1ccc(C2=CC3(CCNCC3)ON2)cc1. The Balaban J connectivity index is 1.85. The number of hydroxylamine groups is 1. The molecule has 1 fully saturated rings. The second-order valence-electron chi connectivity index (χ2n) is 4.58. The van der Waals surface area contributed by atoms with Crippen molar-refractivity contribution < 1.29 is 4.84 Å². The Kier molecular flexibility index (Phi) is 2.82. The normalized spacial score (nSPS) is 22.3. The molecule has 3 rings (SSSR count). The van der Waals surface area contributed by atoms with Crippen molar-refractivity contribution in [3.63, 3.8) is 0 Å². The monoisotopic (exact) mass is 250 g/mol.